The summed E-state index contributed by atoms with van der Waals surface area (Å²) in [6.07, 6.45) is 60.9. The zero-order valence-electron chi connectivity index (χ0n) is 64.8. The molecule has 0 aliphatic carbocycles. The Morgan fingerprint density at radius 3 is 0.768 bits per heavy atom. The highest BCUT2D eigenvalue weighted by molar-refractivity contribution is 7.47. The largest absolute Gasteiger partial charge is 0.472 e. The fraction of sp³-hybridized carbons (Fsp3) is 0.950. The number of phosphoric acid groups is 2. The number of carbonyl (C=O) groups is 4. The van der Waals surface area contributed by atoms with Gasteiger partial charge >= 0.3 is 39.5 Å². The highest BCUT2D eigenvalue weighted by Crippen LogP contribution is 2.45. The van der Waals surface area contributed by atoms with Crippen LogP contribution in [0.3, 0.4) is 0 Å². The Balaban J connectivity index is 5.26. The van der Waals surface area contributed by atoms with Crippen molar-refractivity contribution in [1.29, 1.82) is 0 Å². The number of hydrogen-bond donors (Lipinski definition) is 3. The van der Waals surface area contributed by atoms with Crippen LogP contribution in [0.2, 0.25) is 0 Å². The molecule has 3 unspecified atom stereocenters. The molecule has 17 nitrogen and oxygen atoms in total. The average Bonchev–Trinajstić information content (AvgIpc) is 1.17. The van der Waals surface area contributed by atoms with Gasteiger partial charge in [-0.3, -0.25) is 37.3 Å². The summed E-state index contributed by atoms with van der Waals surface area (Å²) in [5.74, 6) is -0.580. The van der Waals surface area contributed by atoms with Gasteiger partial charge in [-0.25, -0.2) is 9.13 Å². The molecule has 0 aliphatic rings. The molecule has 0 spiro atoms. The van der Waals surface area contributed by atoms with Gasteiger partial charge in [-0.2, -0.15) is 0 Å². The second-order valence-corrected chi connectivity index (χ2v) is 32.4. The van der Waals surface area contributed by atoms with Crippen molar-refractivity contribution in [2.45, 2.75) is 439 Å². The third-order valence-corrected chi connectivity index (χ3v) is 21.0. The summed E-state index contributed by atoms with van der Waals surface area (Å²) >= 11 is 0. The van der Waals surface area contributed by atoms with Crippen LogP contribution in [-0.4, -0.2) is 96.7 Å². The number of aliphatic hydroxyl groups excluding tert-OH is 1. The van der Waals surface area contributed by atoms with Crippen molar-refractivity contribution < 1.29 is 80.2 Å². The summed E-state index contributed by atoms with van der Waals surface area (Å²) in [6.45, 7) is 9.62. The quantitative estimate of drug-likeness (QED) is 0.0222. The molecule has 0 radical (unpaired) electrons. The van der Waals surface area contributed by atoms with E-state index in [1.54, 1.807) is 0 Å². The summed E-state index contributed by atoms with van der Waals surface area (Å²) in [5, 5.41) is 10.6. The second kappa shape index (κ2) is 71.7. The molecule has 0 rings (SSSR count). The SMILES string of the molecule is CCCCCCCCCCCCCCCCCCCCC(=O)O[C@H](COC(=O)CCCCCCCCCCCCCCCCCC)COP(=O)(O)OC[C@@H](O)COP(=O)(O)OC[C@@H](COC(=O)CCCCCCCCCCC(C)CC)OC(=O)CCCCCCCCCCCCC(C)C. The van der Waals surface area contributed by atoms with E-state index in [2.05, 4.69) is 41.5 Å². The number of carbonyl (C=O) groups excluding carboxylic acids is 4. The number of aliphatic hydroxyl groups is 1. The smallest absolute Gasteiger partial charge is 0.462 e. The zero-order valence-corrected chi connectivity index (χ0v) is 66.6. The highest BCUT2D eigenvalue weighted by Gasteiger charge is 2.30. The standard InChI is InChI=1S/C80H156O17P2/c1-7-10-12-14-16-18-20-22-24-26-27-29-31-33-38-46-52-58-64-79(84)96-75(68-90-77(82)62-56-50-44-37-32-30-28-25-23-21-19-17-15-13-11-8-2)70-94-98(86,87)92-66-74(81)67-93-99(88,89)95-71-76(69-91-78(83)63-57-51-45-41-40-43-49-55-61-73(6)9-3)97-80(85)65-59-53-47-39-35-34-36-42-48-54-60-72(4)5/h72-76,81H,7-71H2,1-6H3,(H,86,87)(H,88,89)/t73?,74-,75-,76-/m1/s1. The maximum absolute atomic E-state index is 13.1. The molecule has 0 amide bonds. The summed E-state index contributed by atoms with van der Waals surface area (Å²) < 4.78 is 68.7. The van der Waals surface area contributed by atoms with Crippen molar-refractivity contribution >= 4 is 39.5 Å². The van der Waals surface area contributed by atoms with E-state index in [4.69, 9.17) is 37.0 Å². The minimum atomic E-state index is -4.96. The van der Waals surface area contributed by atoms with Gasteiger partial charge in [0.2, 0.25) is 0 Å². The average molecular weight is 1450 g/mol. The van der Waals surface area contributed by atoms with Gasteiger partial charge in [0.15, 0.2) is 12.2 Å². The Labute approximate surface area is 607 Å². The van der Waals surface area contributed by atoms with E-state index in [-0.39, 0.29) is 25.7 Å². The van der Waals surface area contributed by atoms with E-state index in [0.29, 0.717) is 25.7 Å². The minimum absolute atomic E-state index is 0.106. The van der Waals surface area contributed by atoms with Crippen LogP contribution < -0.4 is 0 Å². The first-order valence-electron chi connectivity index (χ1n) is 41.5. The van der Waals surface area contributed by atoms with Crippen LogP contribution in [0.4, 0.5) is 0 Å². The number of esters is 4. The fourth-order valence-corrected chi connectivity index (χ4v) is 13.9. The van der Waals surface area contributed by atoms with E-state index in [1.165, 1.54) is 238 Å². The molecular formula is C80H156O17P2. The molecular weight excluding hydrogens is 1290 g/mol. The summed E-state index contributed by atoms with van der Waals surface area (Å²) in [7, 11) is -9.92. The van der Waals surface area contributed by atoms with E-state index in [0.717, 1.165) is 102 Å². The van der Waals surface area contributed by atoms with E-state index >= 15 is 0 Å². The maximum Gasteiger partial charge on any atom is 0.472 e. The third kappa shape index (κ3) is 72.8. The molecule has 0 heterocycles. The van der Waals surface area contributed by atoms with Crippen LogP contribution in [-0.2, 0) is 65.4 Å². The number of ether oxygens (including phenoxy) is 4. The lowest BCUT2D eigenvalue weighted by Gasteiger charge is -2.21. The molecule has 0 fully saturated rings. The van der Waals surface area contributed by atoms with Crippen molar-refractivity contribution in [2.24, 2.45) is 11.8 Å². The van der Waals surface area contributed by atoms with Crippen molar-refractivity contribution in [1.82, 2.24) is 0 Å². The van der Waals surface area contributed by atoms with Crippen LogP contribution in [0.1, 0.15) is 420 Å². The Kier molecular flexibility index (Phi) is 70.3. The maximum atomic E-state index is 13.1. The zero-order chi connectivity index (χ0) is 72.8. The molecule has 19 heteroatoms. The molecule has 0 aromatic carbocycles. The Hall–Kier alpha value is -1.94. The summed E-state index contributed by atoms with van der Waals surface area (Å²) in [4.78, 5) is 73.0. The van der Waals surface area contributed by atoms with Gasteiger partial charge in [-0.05, 0) is 37.5 Å². The predicted molar refractivity (Wildman–Crippen MR) is 405 cm³/mol. The van der Waals surface area contributed by atoms with Crippen molar-refractivity contribution in [3.05, 3.63) is 0 Å². The predicted octanol–water partition coefficient (Wildman–Crippen LogP) is 23.9. The lowest BCUT2D eigenvalue weighted by Crippen LogP contribution is -2.30. The first-order valence-corrected chi connectivity index (χ1v) is 44.5. The number of phosphoric ester groups is 2. The Morgan fingerprint density at radius 1 is 0.293 bits per heavy atom. The minimum Gasteiger partial charge on any atom is -0.462 e. The molecule has 3 N–H and O–H groups in total. The Morgan fingerprint density at radius 2 is 0.515 bits per heavy atom. The molecule has 6 atom stereocenters. The van der Waals surface area contributed by atoms with Gasteiger partial charge in [-0.1, -0.05) is 369 Å². The van der Waals surface area contributed by atoms with Crippen LogP contribution >= 0.6 is 15.6 Å². The van der Waals surface area contributed by atoms with Gasteiger partial charge in [-0.15, -0.1) is 0 Å². The van der Waals surface area contributed by atoms with Crippen LogP contribution in [0.5, 0.6) is 0 Å². The van der Waals surface area contributed by atoms with Crippen molar-refractivity contribution in [2.75, 3.05) is 39.6 Å². The van der Waals surface area contributed by atoms with E-state index < -0.39 is 97.5 Å². The lowest BCUT2D eigenvalue weighted by atomic mass is 9.99. The first kappa shape index (κ1) is 97.1. The molecule has 99 heavy (non-hydrogen) atoms. The van der Waals surface area contributed by atoms with Crippen LogP contribution in [0.25, 0.3) is 0 Å². The Bertz CT molecular complexity index is 1910. The number of unbranched alkanes of at least 4 members (excludes halogenated alkanes) is 48. The molecule has 0 aliphatic heterocycles. The van der Waals surface area contributed by atoms with Gasteiger partial charge in [0.25, 0.3) is 0 Å². The second-order valence-electron chi connectivity index (χ2n) is 29.5. The number of hydrogen-bond acceptors (Lipinski definition) is 15. The fourth-order valence-electron chi connectivity index (χ4n) is 12.3. The molecule has 0 bridgehead atoms. The molecule has 0 saturated carbocycles. The van der Waals surface area contributed by atoms with Crippen LogP contribution in [0, 0.1) is 11.8 Å². The van der Waals surface area contributed by atoms with E-state index in [1.807, 2.05) is 0 Å². The molecule has 0 saturated heterocycles. The molecule has 588 valence electrons. The van der Waals surface area contributed by atoms with Crippen LogP contribution in [0.15, 0.2) is 0 Å². The van der Waals surface area contributed by atoms with Crippen molar-refractivity contribution in [3.63, 3.8) is 0 Å². The number of rotatable bonds is 79. The monoisotopic (exact) mass is 1450 g/mol. The summed E-state index contributed by atoms with van der Waals surface area (Å²) in [6, 6.07) is 0. The lowest BCUT2D eigenvalue weighted by molar-refractivity contribution is -0.161. The summed E-state index contributed by atoms with van der Waals surface area (Å²) in [5.41, 5.74) is 0. The molecule has 0 aromatic rings. The first-order chi connectivity index (χ1) is 47.9. The highest BCUT2D eigenvalue weighted by atomic mass is 31.2. The van der Waals surface area contributed by atoms with Gasteiger partial charge in [0.1, 0.15) is 19.3 Å². The van der Waals surface area contributed by atoms with Crippen molar-refractivity contribution in [3.8, 4) is 0 Å². The van der Waals surface area contributed by atoms with Gasteiger partial charge in [0, 0.05) is 25.7 Å². The van der Waals surface area contributed by atoms with E-state index in [9.17, 15) is 43.2 Å². The molecule has 0 aromatic heterocycles. The van der Waals surface area contributed by atoms with Gasteiger partial charge in [0.05, 0.1) is 26.4 Å². The third-order valence-electron chi connectivity index (χ3n) is 19.1. The topological polar surface area (TPSA) is 237 Å². The normalized spacial score (nSPS) is 14.2. The van der Waals surface area contributed by atoms with Gasteiger partial charge < -0.3 is 33.8 Å².